The lowest BCUT2D eigenvalue weighted by Gasteiger charge is -2.18. The number of amides is 1. The van der Waals surface area contributed by atoms with E-state index in [0.29, 0.717) is 5.76 Å². The van der Waals surface area contributed by atoms with Gasteiger partial charge in [0.1, 0.15) is 23.1 Å². The van der Waals surface area contributed by atoms with Crippen molar-refractivity contribution in [1.82, 2.24) is 10.3 Å². The molecule has 0 spiro atoms. The molecule has 2 N–H and O–H groups in total. The summed E-state index contributed by atoms with van der Waals surface area (Å²) < 4.78 is 5.30. The summed E-state index contributed by atoms with van der Waals surface area (Å²) in [5.74, 6) is -0.281. The maximum atomic E-state index is 11.5. The van der Waals surface area contributed by atoms with E-state index in [1.807, 2.05) is 0 Å². The van der Waals surface area contributed by atoms with Crippen LogP contribution >= 0.6 is 0 Å². The Kier molecular flexibility index (Phi) is 3.87. The molecular weight excluding hydrogens is 314 g/mol. The smallest absolute Gasteiger partial charge is 0.279 e. The van der Waals surface area contributed by atoms with Gasteiger partial charge in [0.15, 0.2) is 0 Å². The van der Waals surface area contributed by atoms with E-state index in [2.05, 4.69) is 10.3 Å². The van der Waals surface area contributed by atoms with Crippen LogP contribution in [0.3, 0.4) is 0 Å². The van der Waals surface area contributed by atoms with Gasteiger partial charge in [-0.1, -0.05) is 0 Å². The molecule has 0 bridgehead atoms. The molecule has 0 aliphatic rings. The Hall–Kier alpha value is -3.42. The molecule has 0 unspecified atom stereocenters. The van der Waals surface area contributed by atoms with Crippen LogP contribution in [0.1, 0.15) is 24.3 Å². The first kappa shape index (κ1) is 15.5. The van der Waals surface area contributed by atoms with Gasteiger partial charge in [0, 0.05) is 24.8 Å². The molecule has 0 saturated heterocycles. The first-order chi connectivity index (χ1) is 11.5. The van der Waals surface area contributed by atoms with Gasteiger partial charge in [-0.25, -0.2) is 0 Å². The highest BCUT2D eigenvalue weighted by atomic mass is 16.6. The molecule has 1 amide bonds. The molecule has 24 heavy (non-hydrogen) atoms. The van der Waals surface area contributed by atoms with Crippen molar-refractivity contribution >= 4 is 22.5 Å². The number of benzene rings is 1. The Morgan fingerprint density at radius 2 is 2.21 bits per heavy atom. The molecule has 0 fully saturated rings. The Balaban J connectivity index is 2.29. The van der Waals surface area contributed by atoms with Gasteiger partial charge in [0.2, 0.25) is 5.91 Å². The first-order valence-electron chi connectivity index (χ1n) is 7.04. The molecule has 1 atom stereocenters. The van der Waals surface area contributed by atoms with Crippen molar-refractivity contribution in [3.8, 4) is 5.75 Å². The van der Waals surface area contributed by atoms with Gasteiger partial charge in [-0.05, 0) is 24.3 Å². The number of hydrogen-bond acceptors (Lipinski definition) is 6. The second-order valence-electron chi connectivity index (χ2n) is 5.14. The average molecular weight is 327 g/mol. The molecule has 3 aromatic rings. The van der Waals surface area contributed by atoms with Crippen molar-refractivity contribution in [3.05, 3.63) is 64.2 Å². The summed E-state index contributed by atoms with van der Waals surface area (Å²) >= 11 is 0. The maximum Gasteiger partial charge on any atom is 0.279 e. The number of nitrogens with zero attached hydrogens (tertiary/aromatic N) is 2. The summed E-state index contributed by atoms with van der Waals surface area (Å²) in [6, 6.07) is 6.63. The van der Waals surface area contributed by atoms with E-state index in [-0.39, 0.29) is 33.8 Å². The monoisotopic (exact) mass is 327 g/mol. The number of furan rings is 1. The van der Waals surface area contributed by atoms with Gasteiger partial charge in [0.25, 0.3) is 5.69 Å². The van der Waals surface area contributed by atoms with Crippen LogP contribution in [0.5, 0.6) is 5.75 Å². The SMILES string of the molecule is CC(=O)N[C@@H](c1ccco1)c1cc([N+](=O)[O-])c2cccnc2c1O. The molecule has 0 aliphatic heterocycles. The minimum Gasteiger partial charge on any atom is -0.505 e. The predicted octanol–water partition coefficient (Wildman–Crippen LogP) is 2.67. The van der Waals surface area contributed by atoms with Crippen LogP contribution in [0.4, 0.5) is 5.69 Å². The Morgan fingerprint density at radius 3 is 2.83 bits per heavy atom. The summed E-state index contributed by atoms with van der Waals surface area (Å²) in [7, 11) is 0. The quantitative estimate of drug-likeness (QED) is 0.561. The number of aromatic nitrogens is 1. The summed E-state index contributed by atoms with van der Waals surface area (Å²) in [6.07, 6.45) is 2.84. The number of hydrogen-bond donors (Lipinski definition) is 2. The lowest BCUT2D eigenvalue weighted by atomic mass is 9.99. The molecule has 0 radical (unpaired) electrons. The van der Waals surface area contributed by atoms with Crippen LogP contribution in [-0.4, -0.2) is 20.9 Å². The van der Waals surface area contributed by atoms with Gasteiger partial charge in [0.05, 0.1) is 16.6 Å². The number of fused-ring (bicyclic) bond motifs is 1. The molecule has 3 rings (SSSR count). The zero-order chi connectivity index (χ0) is 17.3. The number of nitrogens with one attached hydrogen (secondary N) is 1. The Labute approximate surface area is 135 Å². The highest BCUT2D eigenvalue weighted by molar-refractivity contribution is 5.93. The molecule has 1 aromatic carbocycles. The van der Waals surface area contributed by atoms with E-state index in [4.69, 9.17) is 4.42 Å². The van der Waals surface area contributed by atoms with Crippen molar-refractivity contribution in [2.45, 2.75) is 13.0 Å². The van der Waals surface area contributed by atoms with E-state index in [0.717, 1.165) is 0 Å². The number of nitro benzene ring substituents is 1. The fraction of sp³-hybridized carbons (Fsp3) is 0.125. The van der Waals surface area contributed by atoms with Gasteiger partial charge in [-0.15, -0.1) is 0 Å². The van der Waals surface area contributed by atoms with E-state index < -0.39 is 11.0 Å². The molecule has 2 heterocycles. The molecule has 0 aliphatic carbocycles. The van der Waals surface area contributed by atoms with Crippen LogP contribution < -0.4 is 5.32 Å². The van der Waals surface area contributed by atoms with Crippen LogP contribution in [0.25, 0.3) is 10.9 Å². The normalized spacial score (nSPS) is 12.0. The molecule has 122 valence electrons. The minimum atomic E-state index is -0.873. The van der Waals surface area contributed by atoms with Gasteiger partial charge >= 0.3 is 0 Å². The van der Waals surface area contributed by atoms with Gasteiger partial charge in [-0.2, -0.15) is 0 Å². The maximum absolute atomic E-state index is 11.5. The Morgan fingerprint density at radius 1 is 1.42 bits per heavy atom. The summed E-state index contributed by atoms with van der Waals surface area (Å²) in [4.78, 5) is 26.4. The van der Waals surface area contributed by atoms with Crippen molar-refractivity contribution in [1.29, 1.82) is 0 Å². The number of pyridine rings is 1. The van der Waals surface area contributed by atoms with Crippen LogP contribution in [0.2, 0.25) is 0 Å². The summed E-state index contributed by atoms with van der Waals surface area (Å²) in [5.41, 5.74) is 0.00877. The number of nitro groups is 1. The zero-order valence-electron chi connectivity index (χ0n) is 12.6. The fourth-order valence-electron chi connectivity index (χ4n) is 2.56. The van der Waals surface area contributed by atoms with Crippen molar-refractivity contribution in [3.63, 3.8) is 0 Å². The Bertz CT molecular complexity index is 921. The fourth-order valence-corrected chi connectivity index (χ4v) is 2.56. The minimum absolute atomic E-state index is 0.0867. The van der Waals surface area contributed by atoms with Crippen LogP contribution in [0, 0.1) is 10.1 Å². The van der Waals surface area contributed by atoms with Crippen molar-refractivity contribution < 1.29 is 19.2 Å². The zero-order valence-corrected chi connectivity index (χ0v) is 12.6. The topological polar surface area (TPSA) is 118 Å². The van der Waals surface area contributed by atoms with Crippen molar-refractivity contribution in [2.24, 2.45) is 0 Å². The number of carbonyl (C=O) groups excluding carboxylic acids is 1. The number of non-ortho nitro benzene ring substituents is 1. The standard InChI is InChI=1S/C16H13N3O5/c1-9(20)18-14(13-5-3-7-24-13)11-8-12(19(22)23)10-4-2-6-17-15(10)16(11)21/h2-8,14,21H,1H3,(H,18,20)/t14-/m1/s1. The molecule has 8 nitrogen and oxygen atoms in total. The lowest BCUT2D eigenvalue weighted by Crippen LogP contribution is -2.26. The van der Waals surface area contributed by atoms with E-state index >= 15 is 0 Å². The van der Waals surface area contributed by atoms with Gasteiger partial charge < -0.3 is 14.8 Å². The lowest BCUT2D eigenvalue weighted by molar-refractivity contribution is -0.383. The molecule has 2 aromatic heterocycles. The van der Waals surface area contributed by atoms with Crippen LogP contribution in [0.15, 0.2) is 47.2 Å². The molecule has 0 saturated carbocycles. The first-order valence-corrected chi connectivity index (χ1v) is 7.04. The molecular formula is C16H13N3O5. The number of aromatic hydroxyl groups is 1. The van der Waals surface area contributed by atoms with Crippen molar-refractivity contribution in [2.75, 3.05) is 0 Å². The highest BCUT2D eigenvalue weighted by Gasteiger charge is 2.27. The van der Waals surface area contributed by atoms with Gasteiger partial charge in [-0.3, -0.25) is 19.9 Å². The second kappa shape index (κ2) is 5.99. The van der Waals surface area contributed by atoms with E-state index in [1.165, 1.54) is 31.5 Å². The number of phenolic OH excluding ortho intramolecular Hbond substituents is 1. The third kappa shape index (κ3) is 2.65. The summed E-state index contributed by atoms with van der Waals surface area (Å²) in [5, 5.41) is 24.8. The molecule has 8 heteroatoms. The predicted molar refractivity (Wildman–Crippen MR) is 84.4 cm³/mol. The average Bonchev–Trinajstić information content (AvgIpc) is 3.07. The largest absolute Gasteiger partial charge is 0.505 e. The number of carbonyl (C=O) groups is 1. The second-order valence-corrected chi connectivity index (χ2v) is 5.14. The third-order valence-corrected chi connectivity index (χ3v) is 3.56. The highest BCUT2D eigenvalue weighted by Crippen LogP contribution is 2.39. The third-order valence-electron chi connectivity index (χ3n) is 3.56. The summed E-state index contributed by atoms with van der Waals surface area (Å²) in [6.45, 7) is 1.31. The van der Waals surface area contributed by atoms with E-state index in [1.54, 1.807) is 18.2 Å². The van der Waals surface area contributed by atoms with E-state index in [9.17, 15) is 20.0 Å². The number of rotatable bonds is 4. The number of phenols is 1. The van der Waals surface area contributed by atoms with Crippen LogP contribution in [-0.2, 0) is 4.79 Å².